The molecule has 2 aliphatic rings. The number of urea groups is 1. The van der Waals surface area contributed by atoms with Crippen LogP contribution in [0.25, 0.3) is 27.1 Å². The van der Waals surface area contributed by atoms with Crippen molar-refractivity contribution in [3.05, 3.63) is 53.6 Å². The minimum absolute atomic E-state index is 0.111. The second-order valence-corrected chi connectivity index (χ2v) is 8.95. The Balaban J connectivity index is 1.55. The quantitative estimate of drug-likeness (QED) is 0.589. The number of carbonyl (C=O) groups is 2. The molecule has 1 atom stereocenters. The molecule has 0 unspecified atom stereocenters. The number of aromatic nitrogens is 3. The van der Waals surface area contributed by atoms with Crippen molar-refractivity contribution in [2.75, 3.05) is 25.0 Å². The Morgan fingerprint density at radius 3 is 2.60 bits per heavy atom. The minimum Gasteiger partial charge on any atom is -0.384 e. The van der Waals surface area contributed by atoms with E-state index in [0.29, 0.717) is 55.0 Å². The maximum Gasteiger partial charge on any atom is 0.324 e. The van der Waals surface area contributed by atoms with Crippen LogP contribution in [0.3, 0.4) is 0 Å². The van der Waals surface area contributed by atoms with E-state index in [0.717, 1.165) is 16.8 Å². The van der Waals surface area contributed by atoms with Gasteiger partial charge in [0, 0.05) is 43.5 Å². The van der Waals surface area contributed by atoms with Crippen LogP contribution < -0.4 is 4.90 Å². The van der Waals surface area contributed by atoms with Crippen molar-refractivity contribution in [3.8, 4) is 11.3 Å². The molecule has 5 rings (SSSR count). The van der Waals surface area contributed by atoms with Crippen LogP contribution in [0.1, 0.15) is 25.3 Å². The fourth-order valence-electron chi connectivity index (χ4n) is 4.79. The molecular formula is C25H25N7O3. The Labute approximate surface area is 202 Å². The van der Waals surface area contributed by atoms with Crippen LogP contribution in [-0.4, -0.2) is 74.1 Å². The van der Waals surface area contributed by atoms with E-state index in [2.05, 4.69) is 14.8 Å². The topological polar surface area (TPSA) is 107 Å². The molecule has 1 saturated heterocycles. The Hall–Kier alpha value is -4.10. The van der Waals surface area contributed by atoms with Gasteiger partial charge < -0.3 is 19.8 Å². The van der Waals surface area contributed by atoms with Crippen molar-refractivity contribution in [2.24, 2.45) is 0 Å². The third kappa shape index (κ3) is 4.04. The normalized spacial score (nSPS) is 17.3. The Kier molecular flexibility index (Phi) is 5.78. The molecule has 5 heterocycles. The average Bonchev–Trinajstić information content (AvgIpc) is 2.89. The van der Waals surface area contributed by atoms with Crippen molar-refractivity contribution >= 4 is 34.5 Å². The molecule has 10 nitrogen and oxygen atoms in total. The molecule has 0 saturated carbocycles. The van der Waals surface area contributed by atoms with Gasteiger partial charge in [0.2, 0.25) is 0 Å². The summed E-state index contributed by atoms with van der Waals surface area (Å²) in [6, 6.07) is 6.98. The molecule has 0 spiro atoms. The fourth-order valence-corrected chi connectivity index (χ4v) is 4.79. The maximum atomic E-state index is 13.4. The second-order valence-electron chi connectivity index (χ2n) is 8.95. The zero-order chi connectivity index (χ0) is 24.7. The molecule has 178 valence electrons. The van der Waals surface area contributed by atoms with E-state index >= 15 is 0 Å². The molecule has 2 aliphatic heterocycles. The smallest absolute Gasteiger partial charge is 0.324 e. The van der Waals surface area contributed by atoms with Gasteiger partial charge in [-0.3, -0.25) is 14.7 Å². The van der Waals surface area contributed by atoms with Crippen LogP contribution >= 0.6 is 0 Å². The number of pyridine rings is 3. The number of likely N-dealkylation sites (tertiary alicyclic amines) is 1. The Bertz CT molecular complexity index is 1340. The summed E-state index contributed by atoms with van der Waals surface area (Å²) < 4.78 is 0. The minimum atomic E-state index is -1.04. The van der Waals surface area contributed by atoms with E-state index in [9.17, 15) is 14.7 Å². The number of rotatable bonds is 3. The van der Waals surface area contributed by atoms with Crippen molar-refractivity contribution in [2.45, 2.75) is 38.5 Å². The zero-order valence-electron chi connectivity index (χ0n) is 19.5. The predicted molar refractivity (Wildman–Crippen MR) is 130 cm³/mol. The number of aliphatic hydroxyl groups is 1. The number of fused-ring (bicyclic) bond motifs is 3. The summed E-state index contributed by atoms with van der Waals surface area (Å²) >= 11 is 0. The number of aliphatic hydroxyl groups excluding tert-OH is 1. The number of anilines is 1. The molecule has 3 amide bonds. The van der Waals surface area contributed by atoms with Gasteiger partial charge in [-0.1, -0.05) is 12.6 Å². The predicted octanol–water partition coefficient (Wildman–Crippen LogP) is 2.99. The molecule has 1 fully saturated rings. The van der Waals surface area contributed by atoms with Crippen LogP contribution in [0.5, 0.6) is 0 Å². The first-order valence-corrected chi connectivity index (χ1v) is 11.5. The fraction of sp³-hybridized carbons (Fsp3) is 0.360. The standard InChI is InChI=1S/C25H25N7O3/c1-15(33)24(34)31-10-8-18(9-11-31)32-23-17(14-30(3)25(32)35)13-27-20-6-5-19(29-22(20)23)16-4-7-21(26-2)28-12-16/h4-7,12-13,15,18,33H,8-11,14H2,1,3H3/t15-/m0/s1. The molecule has 0 aromatic carbocycles. The lowest BCUT2D eigenvalue weighted by molar-refractivity contribution is -0.140. The van der Waals surface area contributed by atoms with Crippen LogP contribution in [0.2, 0.25) is 0 Å². The number of piperidine rings is 1. The highest BCUT2D eigenvalue weighted by molar-refractivity contribution is 6.04. The first-order valence-electron chi connectivity index (χ1n) is 11.5. The Morgan fingerprint density at radius 1 is 1.17 bits per heavy atom. The van der Waals surface area contributed by atoms with Gasteiger partial charge in [-0.05, 0) is 38.0 Å². The molecule has 0 aliphatic carbocycles. The van der Waals surface area contributed by atoms with Crippen LogP contribution in [0, 0.1) is 6.57 Å². The van der Waals surface area contributed by atoms with E-state index in [1.54, 1.807) is 35.3 Å². The largest absolute Gasteiger partial charge is 0.384 e. The van der Waals surface area contributed by atoms with Crippen molar-refractivity contribution in [3.63, 3.8) is 0 Å². The molecule has 0 bridgehead atoms. The second kappa shape index (κ2) is 8.92. The van der Waals surface area contributed by atoms with Gasteiger partial charge in [0.05, 0.1) is 23.4 Å². The molecule has 0 radical (unpaired) electrons. The summed E-state index contributed by atoms with van der Waals surface area (Å²) in [4.78, 5) is 47.8. The van der Waals surface area contributed by atoms with E-state index in [4.69, 9.17) is 11.6 Å². The first-order chi connectivity index (χ1) is 16.9. The zero-order valence-corrected chi connectivity index (χ0v) is 19.5. The van der Waals surface area contributed by atoms with Gasteiger partial charge in [-0.25, -0.2) is 9.78 Å². The lowest BCUT2D eigenvalue weighted by atomic mass is 9.99. The average molecular weight is 472 g/mol. The molecule has 10 heteroatoms. The maximum absolute atomic E-state index is 13.4. The highest BCUT2D eigenvalue weighted by atomic mass is 16.3. The van der Waals surface area contributed by atoms with Crippen molar-refractivity contribution in [1.29, 1.82) is 0 Å². The van der Waals surface area contributed by atoms with Gasteiger partial charge in [-0.15, -0.1) is 4.98 Å². The van der Waals surface area contributed by atoms with Gasteiger partial charge in [-0.2, -0.15) is 0 Å². The lowest BCUT2D eigenvalue weighted by Crippen LogP contribution is -2.55. The van der Waals surface area contributed by atoms with E-state index in [1.165, 1.54) is 6.92 Å². The van der Waals surface area contributed by atoms with Crippen LogP contribution in [-0.2, 0) is 11.3 Å². The van der Waals surface area contributed by atoms with E-state index in [-0.39, 0.29) is 18.0 Å². The molecule has 35 heavy (non-hydrogen) atoms. The summed E-state index contributed by atoms with van der Waals surface area (Å²) in [5.74, 6) is 0.0264. The van der Waals surface area contributed by atoms with E-state index in [1.807, 2.05) is 23.1 Å². The molecule has 1 N–H and O–H groups in total. The summed E-state index contributed by atoms with van der Waals surface area (Å²) in [6.45, 7) is 9.95. The van der Waals surface area contributed by atoms with Crippen LogP contribution in [0.4, 0.5) is 16.3 Å². The van der Waals surface area contributed by atoms with Gasteiger partial charge >= 0.3 is 6.03 Å². The Morgan fingerprint density at radius 2 is 1.94 bits per heavy atom. The highest BCUT2D eigenvalue weighted by Gasteiger charge is 2.38. The first kappa shape index (κ1) is 22.7. The van der Waals surface area contributed by atoms with Crippen LogP contribution in [0.15, 0.2) is 36.7 Å². The van der Waals surface area contributed by atoms with Gasteiger partial charge in [0.15, 0.2) is 0 Å². The summed E-state index contributed by atoms with van der Waals surface area (Å²) in [5.41, 5.74) is 4.44. The summed E-state index contributed by atoms with van der Waals surface area (Å²) in [7, 11) is 1.77. The van der Waals surface area contributed by atoms with Gasteiger partial charge in [0.25, 0.3) is 11.7 Å². The molecular weight excluding hydrogens is 446 g/mol. The van der Waals surface area contributed by atoms with Crippen molar-refractivity contribution < 1.29 is 14.7 Å². The van der Waals surface area contributed by atoms with E-state index < -0.39 is 6.10 Å². The highest BCUT2D eigenvalue weighted by Crippen LogP contribution is 2.37. The van der Waals surface area contributed by atoms with Crippen molar-refractivity contribution in [1.82, 2.24) is 24.8 Å². The number of nitrogens with zero attached hydrogens (tertiary/aromatic N) is 7. The SMILES string of the molecule is [C-]#[N+]c1ccc(-c2ccc3ncc4c(c3n2)N(C2CCN(C(=O)[C@H](C)O)CC2)C(=O)N(C)C4)cn1. The third-order valence-corrected chi connectivity index (χ3v) is 6.60. The van der Waals surface area contributed by atoms with Gasteiger partial charge in [0.1, 0.15) is 17.8 Å². The monoisotopic (exact) mass is 471 g/mol. The lowest BCUT2D eigenvalue weighted by Gasteiger charge is -2.43. The third-order valence-electron chi connectivity index (χ3n) is 6.60. The molecule has 3 aromatic rings. The number of hydrogen-bond donors (Lipinski definition) is 1. The molecule has 3 aromatic heterocycles. The number of amides is 3. The number of hydrogen-bond acceptors (Lipinski definition) is 6. The number of carbonyl (C=O) groups excluding carboxylic acids is 2. The summed E-state index contributed by atoms with van der Waals surface area (Å²) in [6.07, 6.45) is 3.58. The summed E-state index contributed by atoms with van der Waals surface area (Å²) in [5, 5.41) is 9.67.